The maximum absolute atomic E-state index is 13.3. The molecule has 1 aromatic rings. The van der Waals surface area contributed by atoms with Crippen LogP contribution in [0, 0.1) is 17.3 Å². The molecule has 4 bridgehead atoms. The van der Waals surface area contributed by atoms with Crippen molar-refractivity contribution in [2.45, 2.75) is 57.0 Å². The molecule has 1 aromatic carbocycles. The first kappa shape index (κ1) is 18.0. The van der Waals surface area contributed by atoms with Gasteiger partial charge in [-0.25, -0.2) is 0 Å². The summed E-state index contributed by atoms with van der Waals surface area (Å²) in [6.07, 6.45) is 6.63. The number of nitrogens with one attached hydrogen (secondary N) is 1. The lowest BCUT2D eigenvalue weighted by Gasteiger charge is -2.59. The second kappa shape index (κ2) is 6.21. The van der Waals surface area contributed by atoms with Gasteiger partial charge in [0.2, 0.25) is 11.8 Å². The van der Waals surface area contributed by atoms with E-state index in [1.807, 2.05) is 12.1 Å². The Bertz CT molecular complexity index is 822. The van der Waals surface area contributed by atoms with E-state index in [0.29, 0.717) is 42.7 Å². The van der Waals surface area contributed by atoms with Crippen LogP contribution >= 0.6 is 0 Å². The van der Waals surface area contributed by atoms with Gasteiger partial charge in [-0.2, -0.15) is 0 Å². The number of anilines is 2. The van der Waals surface area contributed by atoms with E-state index in [2.05, 4.69) is 5.32 Å². The van der Waals surface area contributed by atoms with E-state index in [4.69, 9.17) is 4.74 Å². The van der Waals surface area contributed by atoms with Gasteiger partial charge in [0.1, 0.15) is 5.75 Å². The van der Waals surface area contributed by atoms with Crippen LogP contribution < -0.4 is 15.0 Å². The first-order chi connectivity index (χ1) is 13.4. The average Bonchev–Trinajstić information content (AvgIpc) is 3.05. The Morgan fingerprint density at radius 3 is 2.61 bits per heavy atom. The molecule has 6 nitrogen and oxygen atoms in total. The Balaban J connectivity index is 1.38. The standard InChI is InChI=1S/C22H28N2O4/c1-28-18-8-16(4-5-17(18)24-6-2-3-19(24)25)23-20(26)21-9-14-7-15(10-21)12-22(27,11-14)13-21/h4-5,8,14-15,27H,2-3,6-7,9-13H2,1H3,(H,23,26)/t14-,15-,21?,22?/m1/s1. The molecule has 0 unspecified atom stereocenters. The molecule has 150 valence electrons. The molecule has 5 aliphatic rings. The van der Waals surface area contributed by atoms with E-state index in [-0.39, 0.29) is 11.8 Å². The second-order valence-corrected chi connectivity index (χ2v) is 9.46. The maximum Gasteiger partial charge on any atom is 0.230 e. The largest absolute Gasteiger partial charge is 0.494 e. The molecule has 6 rings (SSSR count). The summed E-state index contributed by atoms with van der Waals surface area (Å²) in [5, 5.41) is 14.0. The normalized spacial score (nSPS) is 36.1. The van der Waals surface area contributed by atoms with Gasteiger partial charge < -0.3 is 20.1 Å². The van der Waals surface area contributed by atoms with E-state index < -0.39 is 11.0 Å². The lowest BCUT2D eigenvalue weighted by atomic mass is 9.47. The van der Waals surface area contributed by atoms with Gasteiger partial charge >= 0.3 is 0 Å². The molecule has 2 N–H and O–H groups in total. The molecule has 2 amide bonds. The van der Waals surface area contributed by atoms with Crippen molar-refractivity contribution in [2.75, 3.05) is 23.9 Å². The first-order valence-corrected chi connectivity index (χ1v) is 10.4. The number of hydrogen-bond acceptors (Lipinski definition) is 4. The summed E-state index contributed by atoms with van der Waals surface area (Å²) in [6, 6.07) is 5.50. The lowest BCUT2D eigenvalue weighted by molar-refractivity contribution is -0.174. The third-order valence-electron chi connectivity index (χ3n) is 7.31. The molecule has 2 atom stereocenters. The topological polar surface area (TPSA) is 78.9 Å². The molecule has 0 aromatic heterocycles. The second-order valence-electron chi connectivity index (χ2n) is 9.46. The van der Waals surface area contributed by atoms with E-state index in [1.54, 1.807) is 18.1 Å². The van der Waals surface area contributed by atoms with E-state index in [0.717, 1.165) is 44.2 Å². The van der Waals surface area contributed by atoms with Crippen molar-refractivity contribution in [1.82, 2.24) is 0 Å². The number of rotatable bonds is 4. The third kappa shape index (κ3) is 2.81. The van der Waals surface area contributed by atoms with Crippen LogP contribution in [-0.4, -0.2) is 36.2 Å². The Labute approximate surface area is 165 Å². The number of methoxy groups -OCH3 is 1. The minimum Gasteiger partial charge on any atom is -0.494 e. The molecule has 0 spiro atoms. The van der Waals surface area contributed by atoms with Crippen LogP contribution in [0.3, 0.4) is 0 Å². The minimum atomic E-state index is -0.654. The van der Waals surface area contributed by atoms with Crippen molar-refractivity contribution < 1.29 is 19.4 Å². The van der Waals surface area contributed by atoms with Crippen molar-refractivity contribution in [2.24, 2.45) is 17.3 Å². The zero-order valence-electron chi connectivity index (χ0n) is 16.4. The summed E-state index contributed by atoms with van der Waals surface area (Å²) >= 11 is 0. The molecule has 4 saturated carbocycles. The molecular formula is C22H28N2O4. The highest BCUT2D eigenvalue weighted by Gasteiger charge is 2.60. The molecule has 1 saturated heterocycles. The van der Waals surface area contributed by atoms with Crippen molar-refractivity contribution in [3.05, 3.63) is 18.2 Å². The molecule has 0 radical (unpaired) electrons. The number of carbonyl (C=O) groups excluding carboxylic acids is 2. The Hall–Kier alpha value is -2.08. The van der Waals surface area contributed by atoms with Crippen molar-refractivity contribution in [1.29, 1.82) is 0 Å². The van der Waals surface area contributed by atoms with Crippen LogP contribution in [0.1, 0.15) is 51.4 Å². The van der Waals surface area contributed by atoms with Gasteiger partial charge in [0.25, 0.3) is 0 Å². The van der Waals surface area contributed by atoms with Gasteiger partial charge in [-0.15, -0.1) is 0 Å². The summed E-state index contributed by atoms with van der Waals surface area (Å²) in [4.78, 5) is 27.1. The Morgan fingerprint density at radius 2 is 2.00 bits per heavy atom. The Morgan fingerprint density at radius 1 is 1.25 bits per heavy atom. The number of nitrogens with zero attached hydrogens (tertiary/aromatic N) is 1. The van der Waals surface area contributed by atoms with E-state index >= 15 is 0 Å². The summed E-state index contributed by atoms with van der Waals surface area (Å²) in [6.45, 7) is 0.700. The first-order valence-electron chi connectivity index (χ1n) is 10.4. The molecule has 5 fully saturated rings. The van der Waals surface area contributed by atoms with Crippen LogP contribution in [-0.2, 0) is 9.59 Å². The van der Waals surface area contributed by atoms with Gasteiger partial charge in [-0.05, 0) is 68.9 Å². The maximum atomic E-state index is 13.3. The monoisotopic (exact) mass is 384 g/mol. The number of carbonyl (C=O) groups is 2. The molecular weight excluding hydrogens is 356 g/mol. The van der Waals surface area contributed by atoms with Crippen LogP contribution in [0.15, 0.2) is 18.2 Å². The SMILES string of the molecule is COc1cc(NC(=O)C23C[C@H]4C[C@@H](CC(O)(C4)C2)C3)ccc1N1CCCC1=O. The Kier molecular flexibility index (Phi) is 3.99. The fraction of sp³-hybridized carbons (Fsp3) is 0.636. The lowest BCUT2D eigenvalue weighted by Crippen LogP contribution is -2.59. The number of aliphatic hydroxyl groups is 1. The molecule has 28 heavy (non-hydrogen) atoms. The van der Waals surface area contributed by atoms with Gasteiger partial charge in [-0.1, -0.05) is 0 Å². The average molecular weight is 384 g/mol. The highest BCUT2D eigenvalue weighted by atomic mass is 16.5. The number of amides is 2. The fourth-order valence-electron chi connectivity index (χ4n) is 6.62. The summed E-state index contributed by atoms with van der Waals surface area (Å²) in [5.74, 6) is 1.66. The quantitative estimate of drug-likeness (QED) is 0.836. The minimum absolute atomic E-state index is 0.0204. The van der Waals surface area contributed by atoms with Crippen LogP contribution in [0.4, 0.5) is 11.4 Å². The zero-order chi connectivity index (χ0) is 19.5. The van der Waals surface area contributed by atoms with Crippen molar-refractivity contribution >= 4 is 23.2 Å². The fourth-order valence-corrected chi connectivity index (χ4v) is 6.62. The predicted octanol–water partition coefficient (Wildman–Crippen LogP) is 3.09. The summed E-state index contributed by atoms with van der Waals surface area (Å²) in [7, 11) is 1.58. The number of hydrogen-bond donors (Lipinski definition) is 2. The van der Waals surface area contributed by atoms with Crippen LogP contribution in [0.2, 0.25) is 0 Å². The molecule has 1 heterocycles. The van der Waals surface area contributed by atoms with Gasteiger partial charge in [0.05, 0.1) is 23.8 Å². The third-order valence-corrected chi connectivity index (χ3v) is 7.31. The predicted molar refractivity (Wildman–Crippen MR) is 105 cm³/mol. The van der Waals surface area contributed by atoms with Gasteiger partial charge in [-0.3, -0.25) is 9.59 Å². The van der Waals surface area contributed by atoms with Crippen molar-refractivity contribution in [3.8, 4) is 5.75 Å². The van der Waals surface area contributed by atoms with Crippen LogP contribution in [0.25, 0.3) is 0 Å². The molecule has 4 aliphatic carbocycles. The van der Waals surface area contributed by atoms with Crippen LogP contribution in [0.5, 0.6) is 5.75 Å². The van der Waals surface area contributed by atoms with E-state index in [9.17, 15) is 14.7 Å². The summed E-state index contributed by atoms with van der Waals surface area (Å²) < 4.78 is 5.51. The number of benzene rings is 1. The van der Waals surface area contributed by atoms with Gasteiger partial charge in [0.15, 0.2) is 0 Å². The molecule has 1 aliphatic heterocycles. The summed E-state index contributed by atoms with van der Waals surface area (Å²) in [5.41, 5.74) is 0.335. The smallest absolute Gasteiger partial charge is 0.230 e. The van der Waals surface area contributed by atoms with Gasteiger partial charge in [0, 0.05) is 24.7 Å². The highest BCUT2D eigenvalue weighted by molar-refractivity contribution is 5.99. The number of ether oxygens (including phenoxy) is 1. The zero-order valence-corrected chi connectivity index (χ0v) is 16.4. The highest BCUT2D eigenvalue weighted by Crippen LogP contribution is 2.61. The van der Waals surface area contributed by atoms with E-state index in [1.165, 1.54) is 0 Å². The molecule has 6 heteroatoms. The van der Waals surface area contributed by atoms with Crippen molar-refractivity contribution in [3.63, 3.8) is 0 Å².